The molecule has 6 amide bonds. The molecule has 6 rings (SSSR count). The van der Waals surface area contributed by atoms with Crippen LogP contribution in [0.3, 0.4) is 0 Å². The third-order valence-corrected chi connectivity index (χ3v) is 16.3. The first-order valence-electron chi connectivity index (χ1n) is 27.2. The van der Waals surface area contributed by atoms with Gasteiger partial charge in [0.15, 0.2) is 5.78 Å². The molecular formula is C56H83N7O13S. The number of benzene rings is 1. The lowest BCUT2D eigenvalue weighted by Gasteiger charge is -2.42. The summed E-state index contributed by atoms with van der Waals surface area (Å²) in [6.45, 7) is 16.6. The van der Waals surface area contributed by atoms with Crippen molar-refractivity contribution in [3.05, 3.63) is 47.7 Å². The molecule has 1 aromatic heterocycles. The van der Waals surface area contributed by atoms with Crippen molar-refractivity contribution in [1.29, 1.82) is 0 Å². The maximum atomic E-state index is 14.3. The maximum absolute atomic E-state index is 14.3. The van der Waals surface area contributed by atoms with Crippen molar-refractivity contribution in [3.8, 4) is 0 Å². The normalized spacial score (nSPS) is 25.5. The minimum atomic E-state index is -1.16. The van der Waals surface area contributed by atoms with E-state index in [9.17, 15) is 38.4 Å². The molecule has 77 heavy (non-hydrogen) atoms. The molecule has 20 nitrogen and oxygen atoms in total. The van der Waals surface area contributed by atoms with Crippen molar-refractivity contribution in [3.63, 3.8) is 0 Å². The summed E-state index contributed by atoms with van der Waals surface area (Å²) in [5, 5.41) is 14.6. The minimum Gasteiger partial charge on any atom is -0.462 e. The number of hydrogen-bond donors (Lipinski definition) is 6. The van der Waals surface area contributed by atoms with Crippen LogP contribution in [0.5, 0.6) is 0 Å². The highest BCUT2D eigenvalue weighted by Crippen LogP contribution is 2.59. The summed E-state index contributed by atoms with van der Waals surface area (Å²) >= 11 is 1.47. The summed E-state index contributed by atoms with van der Waals surface area (Å²) in [4.78, 5) is 113. The van der Waals surface area contributed by atoms with Crippen LogP contribution in [0.25, 0.3) is 10.9 Å². The number of nitrogens with one attached hydrogen (secondary N) is 6. The Bertz CT molecular complexity index is 2470. The van der Waals surface area contributed by atoms with Gasteiger partial charge in [-0.25, -0.2) is 9.59 Å². The standard InChI is InChI=1S/C56H83N7O13S/c1-31(2)18-19-45-55(9,76-45)49-48(72-10)44(20-22-56(49)30-74-56)75-54(71)61-41(32(3)4)29-73-53(70)34(7)59-50(67)36(25-37-27-57-39-16-13-12-15-38(37)39)26-43(65)40(21-24-77-11)60-46(66)28-58-52(69)47(33(5)6)62-51(68)42-17-14-23-63(42)35(8)64/h12-13,15-16,18,27,32-34,36,40-42,44-45,47-49,57H,14,17,19-26,28-30H2,1-11H3,(H,58,69)(H,59,67)(H,60,66)(H,61,71)(H,62,68)/t34-,36+,40-,41-,42?,44+,45+,47?,48+,49+,55-,56-/m0/s1. The van der Waals surface area contributed by atoms with Crippen molar-refractivity contribution >= 4 is 70.0 Å². The molecule has 4 heterocycles. The number of para-hydroxylation sites is 1. The number of esters is 1. The van der Waals surface area contributed by atoms with Gasteiger partial charge in [0.25, 0.3) is 0 Å². The summed E-state index contributed by atoms with van der Waals surface area (Å²) < 4.78 is 30.2. The van der Waals surface area contributed by atoms with Crippen molar-refractivity contribution in [2.45, 2.75) is 173 Å². The van der Waals surface area contributed by atoms with Crippen LogP contribution in [0.4, 0.5) is 4.79 Å². The molecule has 1 spiro atoms. The Hall–Kier alpha value is -5.51. The van der Waals surface area contributed by atoms with Gasteiger partial charge in [0, 0.05) is 50.0 Å². The summed E-state index contributed by atoms with van der Waals surface area (Å²) in [6, 6.07) is 3.02. The largest absolute Gasteiger partial charge is 0.462 e. The Labute approximate surface area is 457 Å². The lowest BCUT2D eigenvalue weighted by Crippen LogP contribution is -2.56. The summed E-state index contributed by atoms with van der Waals surface area (Å²) in [7, 11) is 1.61. The Morgan fingerprint density at radius 2 is 1.68 bits per heavy atom. The number of amides is 6. The number of Topliss-reactive ketones (excluding diaryl/α,β-unsaturated/α-hetero) is 1. The molecule has 21 heteroatoms. The van der Waals surface area contributed by atoms with E-state index in [1.165, 1.54) is 36.1 Å². The summed E-state index contributed by atoms with van der Waals surface area (Å²) in [5.74, 6) is -4.90. The fourth-order valence-electron chi connectivity index (χ4n) is 11.0. The molecule has 4 fully saturated rings. The molecule has 1 aromatic carbocycles. The van der Waals surface area contributed by atoms with Crippen LogP contribution in [0.2, 0.25) is 0 Å². The van der Waals surface area contributed by atoms with Crippen molar-refractivity contribution in [2.24, 2.45) is 23.7 Å². The number of carbonyl (C=O) groups excluding carboxylic acids is 8. The number of H-pyrrole nitrogens is 1. The zero-order chi connectivity index (χ0) is 56.4. The monoisotopic (exact) mass is 1090 g/mol. The predicted molar refractivity (Wildman–Crippen MR) is 290 cm³/mol. The molecule has 426 valence electrons. The van der Waals surface area contributed by atoms with Crippen molar-refractivity contribution in [2.75, 3.05) is 45.4 Å². The zero-order valence-electron chi connectivity index (χ0n) is 46.7. The molecule has 1 saturated carbocycles. The van der Waals surface area contributed by atoms with Gasteiger partial charge in [-0.15, -0.1) is 0 Å². The number of thioether (sulfide) groups is 1. The van der Waals surface area contributed by atoms with Gasteiger partial charge in [-0.2, -0.15) is 11.8 Å². The predicted octanol–water partition coefficient (Wildman–Crippen LogP) is 4.67. The number of allylic oxidation sites excluding steroid dienone is 1. The number of likely N-dealkylation sites (tertiary alicyclic amines) is 1. The van der Waals surface area contributed by atoms with Crippen LogP contribution >= 0.6 is 11.8 Å². The Morgan fingerprint density at radius 3 is 2.32 bits per heavy atom. The van der Waals surface area contributed by atoms with E-state index in [0.29, 0.717) is 44.6 Å². The average Bonchev–Trinajstić information content (AvgIpc) is 4.25. The van der Waals surface area contributed by atoms with Crippen LogP contribution < -0.4 is 26.6 Å². The van der Waals surface area contributed by atoms with Crippen LogP contribution in [0.1, 0.15) is 113 Å². The Morgan fingerprint density at radius 1 is 0.948 bits per heavy atom. The second-order valence-electron chi connectivity index (χ2n) is 22.3. The van der Waals surface area contributed by atoms with Gasteiger partial charge < -0.3 is 60.2 Å². The number of aromatic amines is 1. The van der Waals surface area contributed by atoms with Gasteiger partial charge in [0.2, 0.25) is 29.5 Å². The van der Waals surface area contributed by atoms with Gasteiger partial charge in [0.1, 0.15) is 48.1 Å². The lowest BCUT2D eigenvalue weighted by molar-refractivity contribution is -0.149. The fraction of sp³-hybridized carbons (Fsp3) is 0.679. The SMILES string of the molecule is CO[C@@H]1[C@H](OC(=O)N[C@@H](COC(=O)[C@H](C)NC(=O)[C@@H](CC(=O)[C@H](CCSC)NC(=O)CNC(=O)C(NC(=O)C2CCCN2C(C)=O)C(C)C)Cc2c[nH]c3ccccc23)C(C)C)CC[C@]2(CO2)[C@H]1[C@@]1(C)O[C@@H]1CC=C(C)C. The molecule has 6 N–H and O–H groups in total. The van der Waals surface area contributed by atoms with E-state index in [2.05, 4.69) is 58.4 Å². The fourth-order valence-corrected chi connectivity index (χ4v) is 11.4. The zero-order valence-corrected chi connectivity index (χ0v) is 47.6. The molecule has 0 radical (unpaired) electrons. The quantitative estimate of drug-likeness (QED) is 0.0404. The Kier molecular flexibility index (Phi) is 21.2. The van der Waals surface area contributed by atoms with Crippen LogP contribution in [-0.2, 0) is 63.7 Å². The van der Waals surface area contributed by atoms with E-state index in [0.717, 1.165) is 22.9 Å². The highest BCUT2D eigenvalue weighted by Gasteiger charge is 2.72. The molecule has 2 unspecified atom stereocenters. The van der Waals surface area contributed by atoms with Crippen LogP contribution in [0.15, 0.2) is 42.1 Å². The minimum absolute atomic E-state index is 0.0110. The van der Waals surface area contributed by atoms with E-state index < -0.39 is 108 Å². The first-order chi connectivity index (χ1) is 36.5. The van der Waals surface area contributed by atoms with Gasteiger partial charge >= 0.3 is 12.1 Å². The number of rotatable bonds is 27. The number of methoxy groups -OCH3 is 1. The van der Waals surface area contributed by atoms with Crippen molar-refractivity contribution in [1.82, 2.24) is 36.5 Å². The molecule has 2 aromatic rings. The first-order valence-corrected chi connectivity index (χ1v) is 28.5. The van der Waals surface area contributed by atoms with Crippen molar-refractivity contribution < 1.29 is 62.0 Å². The van der Waals surface area contributed by atoms with Gasteiger partial charge in [-0.3, -0.25) is 28.8 Å². The van der Waals surface area contributed by atoms with E-state index in [1.54, 1.807) is 27.2 Å². The highest BCUT2D eigenvalue weighted by molar-refractivity contribution is 7.98. The number of aromatic nitrogens is 1. The molecule has 3 saturated heterocycles. The molecule has 4 aliphatic rings. The average molecular weight is 1090 g/mol. The van der Waals surface area contributed by atoms with E-state index in [4.69, 9.17) is 23.7 Å². The van der Waals surface area contributed by atoms with E-state index in [-0.39, 0.29) is 55.6 Å². The number of epoxide rings is 2. The third kappa shape index (κ3) is 15.6. The molecule has 0 bridgehead atoms. The molecule has 1 aliphatic carbocycles. The first kappa shape index (κ1) is 60.7. The third-order valence-electron chi connectivity index (χ3n) is 15.6. The lowest BCUT2D eigenvalue weighted by atomic mass is 9.68. The topological polar surface area (TPSA) is 268 Å². The molecule has 3 aliphatic heterocycles. The number of ketones is 1. The number of nitrogens with zero attached hydrogens (tertiary/aromatic N) is 1. The smallest absolute Gasteiger partial charge is 0.407 e. The Balaban J connectivity index is 1.06. The van der Waals surface area contributed by atoms with E-state index >= 15 is 0 Å². The number of carbonyl (C=O) groups is 8. The van der Waals surface area contributed by atoms with Gasteiger partial charge in [-0.05, 0) is 108 Å². The number of hydrogen-bond acceptors (Lipinski definition) is 14. The number of alkyl carbamates (subject to hydrolysis) is 1. The van der Waals surface area contributed by atoms with Crippen LogP contribution in [0, 0.1) is 23.7 Å². The second-order valence-corrected chi connectivity index (χ2v) is 23.3. The van der Waals surface area contributed by atoms with Gasteiger partial charge in [0.05, 0.1) is 37.3 Å². The molecule has 12 atom stereocenters. The number of fused-ring (bicyclic) bond motifs is 1. The summed E-state index contributed by atoms with van der Waals surface area (Å²) in [5.41, 5.74) is 1.90. The van der Waals surface area contributed by atoms with E-state index in [1.807, 2.05) is 44.4 Å². The summed E-state index contributed by atoms with van der Waals surface area (Å²) in [6.07, 6.45) is 7.18. The van der Waals surface area contributed by atoms with Crippen LogP contribution in [-0.4, -0.2) is 162 Å². The highest BCUT2D eigenvalue weighted by atomic mass is 32.2. The molecular weight excluding hydrogens is 1010 g/mol. The number of ether oxygens (including phenoxy) is 5. The second kappa shape index (κ2) is 26.9. The maximum Gasteiger partial charge on any atom is 0.407 e. The van der Waals surface area contributed by atoms with Gasteiger partial charge in [-0.1, -0.05) is 57.5 Å².